The lowest BCUT2D eigenvalue weighted by molar-refractivity contribution is 0.927. The fraction of sp³-hybridized carbons (Fsp3) is 0.273. The van der Waals surface area contributed by atoms with E-state index in [9.17, 15) is 0 Å². The van der Waals surface area contributed by atoms with Crippen LogP contribution in [0, 0.1) is 0 Å². The molecule has 0 bridgehead atoms. The minimum atomic E-state index is 0.769. The maximum atomic E-state index is 5.69. The summed E-state index contributed by atoms with van der Waals surface area (Å²) < 4.78 is 0. The van der Waals surface area contributed by atoms with E-state index in [4.69, 9.17) is 5.73 Å². The van der Waals surface area contributed by atoms with Crippen molar-refractivity contribution < 1.29 is 0 Å². The van der Waals surface area contributed by atoms with Crippen LogP contribution >= 0.6 is 11.3 Å². The van der Waals surface area contributed by atoms with Gasteiger partial charge in [0.1, 0.15) is 0 Å². The summed E-state index contributed by atoms with van der Waals surface area (Å²) in [4.78, 5) is 9.75. The molecule has 0 radical (unpaired) electrons. The molecule has 84 valence electrons. The first-order chi connectivity index (χ1) is 7.78. The van der Waals surface area contributed by atoms with Crippen molar-refractivity contribution in [2.45, 2.75) is 12.8 Å². The van der Waals surface area contributed by atoms with Crippen molar-refractivity contribution in [3.8, 4) is 0 Å². The quantitative estimate of drug-likeness (QED) is 0.848. The molecule has 0 saturated heterocycles. The van der Waals surface area contributed by atoms with Crippen molar-refractivity contribution in [2.75, 3.05) is 18.1 Å². The number of rotatable bonds is 4. The van der Waals surface area contributed by atoms with E-state index in [0.717, 1.165) is 29.4 Å². The molecule has 0 aliphatic carbocycles. The lowest BCUT2D eigenvalue weighted by atomic mass is 10.2. The summed E-state index contributed by atoms with van der Waals surface area (Å²) in [5, 5.41) is 3.98. The van der Waals surface area contributed by atoms with Crippen LogP contribution in [0.25, 0.3) is 0 Å². The molecule has 0 saturated carbocycles. The van der Waals surface area contributed by atoms with Crippen LogP contribution in [0.3, 0.4) is 0 Å². The highest BCUT2D eigenvalue weighted by atomic mass is 32.1. The van der Waals surface area contributed by atoms with E-state index in [0.29, 0.717) is 0 Å². The Morgan fingerprint density at radius 3 is 2.94 bits per heavy atom. The molecule has 5 heteroatoms. The normalized spacial score (nSPS) is 10.3. The summed E-state index contributed by atoms with van der Waals surface area (Å²) >= 11 is 1.68. The highest BCUT2D eigenvalue weighted by Gasteiger charge is 2.01. The van der Waals surface area contributed by atoms with Crippen LogP contribution in [-0.2, 0) is 12.8 Å². The third-order valence-electron chi connectivity index (χ3n) is 2.24. The van der Waals surface area contributed by atoms with Crippen LogP contribution in [-0.4, -0.2) is 17.0 Å². The number of nitrogen functional groups attached to an aromatic ring is 1. The van der Waals surface area contributed by atoms with Gasteiger partial charge < -0.3 is 11.1 Å². The molecule has 0 aliphatic heterocycles. The second-order valence-electron chi connectivity index (χ2n) is 3.46. The molecule has 0 atom stereocenters. The van der Waals surface area contributed by atoms with E-state index in [2.05, 4.69) is 15.3 Å². The Morgan fingerprint density at radius 1 is 1.38 bits per heavy atom. The van der Waals surface area contributed by atoms with Crippen molar-refractivity contribution in [1.29, 1.82) is 0 Å². The molecule has 2 heterocycles. The summed E-state index contributed by atoms with van der Waals surface area (Å²) in [6.07, 6.45) is 5.51. The number of nitrogens with one attached hydrogen (secondary N) is 1. The summed E-state index contributed by atoms with van der Waals surface area (Å²) in [6.45, 7) is 0. The number of hydrogen-bond donors (Lipinski definition) is 2. The van der Waals surface area contributed by atoms with Crippen molar-refractivity contribution in [1.82, 2.24) is 9.97 Å². The molecule has 2 aromatic heterocycles. The molecule has 2 rings (SSSR count). The van der Waals surface area contributed by atoms with Gasteiger partial charge in [-0.2, -0.15) is 0 Å². The van der Waals surface area contributed by atoms with Gasteiger partial charge in [0, 0.05) is 35.7 Å². The van der Waals surface area contributed by atoms with Crippen LogP contribution in [0.4, 0.5) is 10.8 Å². The summed E-state index contributed by atoms with van der Waals surface area (Å²) in [6, 6.07) is 3.72. The SMILES string of the molecule is CNc1ncc(CCc2cc(N)ccn2)s1. The molecule has 4 nitrogen and oxygen atoms in total. The third-order valence-corrected chi connectivity index (χ3v) is 3.31. The predicted octanol–water partition coefficient (Wildman–Crippen LogP) is 1.95. The topological polar surface area (TPSA) is 63.8 Å². The van der Waals surface area contributed by atoms with Crippen LogP contribution < -0.4 is 11.1 Å². The molecule has 3 N–H and O–H groups in total. The van der Waals surface area contributed by atoms with Crippen LogP contribution in [0.5, 0.6) is 0 Å². The average Bonchev–Trinajstić information content (AvgIpc) is 2.74. The maximum absolute atomic E-state index is 5.69. The average molecular weight is 234 g/mol. The minimum Gasteiger partial charge on any atom is -0.399 e. The fourth-order valence-electron chi connectivity index (χ4n) is 1.42. The van der Waals surface area contributed by atoms with Gasteiger partial charge in [-0.05, 0) is 25.0 Å². The molecule has 0 aromatic carbocycles. The van der Waals surface area contributed by atoms with Gasteiger partial charge in [0.2, 0.25) is 0 Å². The number of thiazole rings is 1. The zero-order valence-electron chi connectivity index (χ0n) is 9.10. The van der Waals surface area contributed by atoms with Crippen LogP contribution in [0.1, 0.15) is 10.6 Å². The van der Waals surface area contributed by atoms with Gasteiger partial charge in [0.05, 0.1) is 0 Å². The Balaban J connectivity index is 1.96. The highest BCUT2D eigenvalue weighted by Crippen LogP contribution is 2.19. The lowest BCUT2D eigenvalue weighted by Crippen LogP contribution is -1.94. The number of hydrogen-bond acceptors (Lipinski definition) is 5. The number of aromatic nitrogens is 2. The third kappa shape index (κ3) is 2.70. The Hall–Kier alpha value is -1.62. The van der Waals surface area contributed by atoms with E-state index in [1.54, 1.807) is 23.6 Å². The summed E-state index contributed by atoms with van der Waals surface area (Å²) in [5.41, 5.74) is 7.49. The largest absolute Gasteiger partial charge is 0.399 e. The smallest absolute Gasteiger partial charge is 0.182 e. The van der Waals surface area contributed by atoms with Crippen molar-refractivity contribution >= 4 is 22.2 Å². The van der Waals surface area contributed by atoms with Gasteiger partial charge >= 0.3 is 0 Å². The molecule has 0 spiro atoms. The van der Waals surface area contributed by atoms with Gasteiger partial charge in [-0.1, -0.05) is 0 Å². The van der Waals surface area contributed by atoms with Crippen LogP contribution in [0.15, 0.2) is 24.5 Å². The summed E-state index contributed by atoms with van der Waals surface area (Å²) in [7, 11) is 1.88. The number of pyridine rings is 1. The second kappa shape index (κ2) is 4.94. The number of aryl methyl sites for hydroxylation is 2. The first-order valence-electron chi connectivity index (χ1n) is 5.11. The van der Waals surface area contributed by atoms with Gasteiger partial charge in [0.25, 0.3) is 0 Å². The zero-order chi connectivity index (χ0) is 11.4. The Kier molecular flexibility index (Phi) is 3.36. The van der Waals surface area contributed by atoms with Gasteiger partial charge in [0.15, 0.2) is 5.13 Å². The molecular formula is C11H14N4S. The Morgan fingerprint density at radius 2 is 2.25 bits per heavy atom. The lowest BCUT2D eigenvalue weighted by Gasteiger charge is -1.99. The van der Waals surface area contributed by atoms with Crippen LogP contribution in [0.2, 0.25) is 0 Å². The zero-order valence-corrected chi connectivity index (χ0v) is 9.92. The first-order valence-corrected chi connectivity index (χ1v) is 5.92. The van der Waals surface area contributed by atoms with Crippen molar-refractivity contribution in [3.05, 3.63) is 35.1 Å². The van der Waals surface area contributed by atoms with Crippen molar-refractivity contribution in [3.63, 3.8) is 0 Å². The maximum Gasteiger partial charge on any atom is 0.182 e. The molecular weight excluding hydrogens is 220 g/mol. The van der Waals surface area contributed by atoms with E-state index in [-0.39, 0.29) is 0 Å². The highest BCUT2D eigenvalue weighted by molar-refractivity contribution is 7.15. The molecule has 0 aliphatic rings. The summed E-state index contributed by atoms with van der Waals surface area (Å²) in [5.74, 6) is 0. The Labute approximate surface area is 98.6 Å². The fourth-order valence-corrected chi connectivity index (χ4v) is 2.19. The standard InChI is InChI=1S/C11H14N4S/c1-13-11-15-7-10(16-11)3-2-9-6-8(12)4-5-14-9/h4-7H,2-3H2,1H3,(H2,12,14)(H,13,15). The van der Waals surface area contributed by atoms with E-state index in [1.807, 2.05) is 19.3 Å². The predicted molar refractivity (Wildman–Crippen MR) is 67.7 cm³/mol. The first kappa shape index (κ1) is 10.9. The number of anilines is 2. The minimum absolute atomic E-state index is 0.769. The van der Waals surface area contributed by atoms with Crippen molar-refractivity contribution in [2.24, 2.45) is 0 Å². The van der Waals surface area contributed by atoms with Gasteiger partial charge in [-0.15, -0.1) is 11.3 Å². The monoisotopic (exact) mass is 234 g/mol. The molecule has 0 fully saturated rings. The molecule has 2 aromatic rings. The number of nitrogens with zero attached hydrogens (tertiary/aromatic N) is 2. The van der Waals surface area contributed by atoms with Gasteiger partial charge in [-0.3, -0.25) is 4.98 Å². The van der Waals surface area contributed by atoms with E-state index < -0.39 is 0 Å². The number of nitrogens with two attached hydrogens (primary N) is 1. The van der Waals surface area contributed by atoms with E-state index >= 15 is 0 Å². The van der Waals surface area contributed by atoms with E-state index in [1.165, 1.54) is 4.88 Å². The molecule has 16 heavy (non-hydrogen) atoms. The molecule has 0 unspecified atom stereocenters. The Bertz CT molecular complexity index is 467. The molecule has 0 amide bonds. The van der Waals surface area contributed by atoms with Gasteiger partial charge in [-0.25, -0.2) is 4.98 Å². The second-order valence-corrected chi connectivity index (χ2v) is 4.58.